The fourth-order valence-electron chi connectivity index (χ4n) is 3.54. The lowest BCUT2D eigenvalue weighted by Crippen LogP contribution is -2.41. The molecule has 0 atom stereocenters. The molecule has 4 rings (SSSR count). The highest BCUT2D eigenvalue weighted by atomic mass is 79.9. The van der Waals surface area contributed by atoms with Gasteiger partial charge >= 0.3 is 6.09 Å². The van der Waals surface area contributed by atoms with Crippen LogP contribution in [0.2, 0.25) is 5.02 Å². The third kappa shape index (κ3) is 5.32. The highest BCUT2D eigenvalue weighted by Crippen LogP contribution is 2.51. The van der Waals surface area contributed by atoms with Crippen molar-refractivity contribution in [3.05, 3.63) is 68.2 Å². The summed E-state index contributed by atoms with van der Waals surface area (Å²) in [6.07, 6.45) is 0.389. The van der Waals surface area contributed by atoms with Crippen LogP contribution in [0.1, 0.15) is 39.2 Å². The topological polar surface area (TPSA) is 88.6 Å². The van der Waals surface area contributed by atoms with E-state index in [1.807, 2.05) is 24.3 Å². The van der Waals surface area contributed by atoms with Crippen LogP contribution in [0, 0.1) is 5.82 Å². The average molecular weight is 603 g/mol. The molecule has 7 nitrogen and oxygen atoms in total. The van der Waals surface area contributed by atoms with Crippen LogP contribution < -0.4 is 9.62 Å². The lowest BCUT2D eigenvalue weighted by molar-refractivity contribution is 0.0608. The molecule has 0 radical (unpaired) electrons. The SMILES string of the molecule is CC(C)(C)OC(=O)N(c1cscn1)S(=O)(=O)c1cc(Cl)c(NC2(c3ccccc3Br)CC2)cc1F. The zero-order chi connectivity index (χ0) is 25.6. The predicted molar refractivity (Wildman–Crippen MR) is 138 cm³/mol. The molecule has 1 fully saturated rings. The van der Waals surface area contributed by atoms with Gasteiger partial charge in [0.2, 0.25) is 0 Å². The van der Waals surface area contributed by atoms with E-state index in [1.54, 1.807) is 20.8 Å². The Morgan fingerprint density at radius 3 is 2.54 bits per heavy atom. The lowest BCUT2D eigenvalue weighted by atomic mass is 10.0. The number of carbonyl (C=O) groups is 1. The largest absolute Gasteiger partial charge is 0.443 e. The molecule has 3 aromatic rings. The highest BCUT2D eigenvalue weighted by molar-refractivity contribution is 9.10. The van der Waals surface area contributed by atoms with Gasteiger partial charge in [-0.1, -0.05) is 45.7 Å². The van der Waals surface area contributed by atoms with Crippen LogP contribution in [0.4, 0.5) is 20.7 Å². The highest BCUT2D eigenvalue weighted by Gasteiger charge is 2.46. The number of rotatable bonds is 6. The molecular weight excluding hydrogens is 581 g/mol. The number of amides is 1. The summed E-state index contributed by atoms with van der Waals surface area (Å²) in [6, 6.07) is 9.70. The molecule has 1 amide bonds. The zero-order valence-corrected chi connectivity index (χ0v) is 23.0. The number of nitrogens with one attached hydrogen (secondary N) is 1. The molecule has 0 unspecified atom stereocenters. The number of carbonyl (C=O) groups excluding carboxylic acids is 1. The number of ether oxygens (including phenoxy) is 1. The van der Waals surface area contributed by atoms with Crippen LogP contribution >= 0.6 is 38.9 Å². The number of aromatic nitrogens is 1. The van der Waals surface area contributed by atoms with Crippen LogP contribution in [0.3, 0.4) is 0 Å². The minimum atomic E-state index is -4.74. The van der Waals surface area contributed by atoms with Crippen LogP contribution in [0.5, 0.6) is 0 Å². The first kappa shape index (κ1) is 25.9. The van der Waals surface area contributed by atoms with Gasteiger partial charge in [-0.05, 0) is 57.4 Å². The number of sulfonamides is 1. The lowest BCUT2D eigenvalue weighted by Gasteiger charge is -2.26. The summed E-state index contributed by atoms with van der Waals surface area (Å²) in [4.78, 5) is 16.0. The van der Waals surface area contributed by atoms with E-state index in [1.165, 1.54) is 10.9 Å². The number of halogens is 3. The normalized spacial score (nSPS) is 14.9. The molecule has 1 aromatic heterocycles. The van der Waals surface area contributed by atoms with Crippen molar-refractivity contribution in [2.75, 3.05) is 9.62 Å². The van der Waals surface area contributed by atoms with Crippen molar-refractivity contribution < 1.29 is 22.3 Å². The summed E-state index contributed by atoms with van der Waals surface area (Å²) in [5, 5.41) is 4.62. The molecule has 0 bridgehead atoms. The number of hydrogen-bond donors (Lipinski definition) is 1. The van der Waals surface area contributed by atoms with Gasteiger partial charge in [0.25, 0.3) is 10.0 Å². The molecule has 1 aliphatic carbocycles. The maximum Gasteiger partial charge on any atom is 0.430 e. The molecule has 35 heavy (non-hydrogen) atoms. The van der Waals surface area contributed by atoms with Gasteiger partial charge in [-0.25, -0.2) is 22.6 Å². The Morgan fingerprint density at radius 2 is 1.97 bits per heavy atom. The molecule has 2 aromatic carbocycles. The Kier molecular flexibility index (Phi) is 6.91. The molecule has 12 heteroatoms. The van der Waals surface area contributed by atoms with Gasteiger partial charge in [0.15, 0.2) is 5.82 Å². The fourth-order valence-corrected chi connectivity index (χ4v) is 6.41. The summed E-state index contributed by atoms with van der Waals surface area (Å²) in [5.41, 5.74) is 1.16. The molecule has 186 valence electrons. The van der Waals surface area contributed by atoms with E-state index in [-0.39, 0.29) is 16.5 Å². The first-order valence-electron chi connectivity index (χ1n) is 10.5. The minimum Gasteiger partial charge on any atom is -0.443 e. The van der Waals surface area contributed by atoms with Gasteiger partial charge in [-0.2, -0.15) is 0 Å². The first-order valence-corrected chi connectivity index (χ1v) is 14.1. The van der Waals surface area contributed by atoms with E-state index in [2.05, 4.69) is 26.2 Å². The predicted octanol–water partition coefficient (Wildman–Crippen LogP) is 6.93. The molecule has 1 heterocycles. The third-order valence-corrected chi connectivity index (χ3v) is 8.50. The third-order valence-electron chi connectivity index (χ3n) is 5.24. The van der Waals surface area contributed by atoms with Crippen molar-refractivity contribution in [2.45, 2.75) is 49.6 Å². The Balaban J connectivity index is 1.71. The number of anilines is 2. The van der Waals surface area contributed by atoms with Crippen molar-refractivity contribution in [1.82, 2.24) is 4.98 Å². The summed E-state index contributed by atoms with van der Waals surface area (Å²) < 4.78 is 48.8. The smallest absolute Gasteiger partial charge is 0.430 e. The second kappa shape index (κ2) is 9.34. The number of hydrogen-bond acceptors (Lipinski definition) is 7. The van der Waals surface area contributed by atoms with Crippen LogP contribution in [-0.4, -0.2) is 25.1 Å². The van der Waals surface area contributed by atoms with E-state index >= 15 is 4.39 Å². The number of benzene rings is 2. The van der Waals surface area contributed by atoms with Gasteiger partial charge in [-0.3, -0.25) is 0 Å². The molecule has 0 saturated heterocycles. The molecule has 0 spiro atoms. The van der Waals surface area contributed by atoms with Gasteiger partial charge in [-0.15, -0.1) is 15.6 Å². The van der Waals surface area contributed by atoms with Crippen molar-refractivity contribution >= 4 is 66.5 Å². The van der Waals surface area contributed by atoms with Gasteiger partial charge in [0, 0.05) is 9.85 Å². The summed E-state index contributed by atoms with van der Waals surface area (Å²) in [5.74, 6) is -1.27. The van der Waals surface area contributed by atoms with E-state index in [9.17, 15) is 13.2 Å². The van der Waals surface area contributed by atoms with E-state index in [4.69, 9.17) is 16.3 Å². The maximum absolute atomic E-state index is 15.3. The quantitative estimate of drug-likeness (QED) is 0.329. The van der Waals surface area contributed by atoms with Crippen LogP contribution in [-0.2, 0) is 20.3 Å². The molecular formula is C23H22BrClFN3O4S2. The molecule has 1 N–H and O–H groups in total. The van der Waals surface area contributed by atoms with Crippen molar-refractivity contribution in [2.24, 2.45) is 0 Å². The first-order chi connectivity index (χ1) is 16.3. The van der Waals surface area contributed by atoms with E-state index in [0.717, 1.165) is 46.3 Å². The summed E-state index contributed by atoms with van der Waals surface area (Å²) >= 11 is 11.1. The van der Waals surface area contributed by atoms with Gasteiger partial charge in [0.05, 0.1) is 21.8 Å². The second-order valence-corrected chi connectivity index (χ2v) is 12.8. The molecule has 0 aliphatic heterocycles. The molecule has 1 saturated carbocycles. The Hall–Kier alpha value is -2.21. The second-order valence-electron chi connectivity index (χ2n) is 9.05. The van der Waals surface area contributed by atoms with Crippen molar-refractivity contribution in [3.8, 4) is 0 Å². The van der Waals surface area contributed by atoms with Crippen LogP contribution in [0.25, 0.3) is 0 Å². The monoisotopic (exact) mass is 601 g/mol. The maximum atomic E-state index is 15.3. The summed E-state index contributed by atoms with van der Waals surface area (Å²) in [6.45, 7) is 4.77. The van der Waals surface area contributed by atoms with Crippen LogP contribution in [0.15, 0.2) is 56.7 Å². The molecule has 1 aliphatic rings. The number of thiazole rings is 1. The Labute approximate surface area is 220 Å². The van der Waals surface area contributed by atoms with E-state index < -0.39 is 38.0 Å². The van der Waals surface area contributed by atoms with Gasteiger partial charge < -0.3 is 10.1 Å². The fraction of sp³-hybridized carbons (Fsp3) is 0.304. The van der Waals surface area contributed by atoms with Gasteiger partial charge in [0.1, 0.15) is 16.3 Å². The zero-order valence-electron chi connectivity index (χ0n) is 19.0. The summed E-state index contributed by atoms with van der Waals surface area (Å²) in [7, 11) is -4.74. The Bertz CT molecular complexity index is 1370. The van der Waals surface area contributed by atoms with Crippen molar-refractivity contribution in [1.29, 1.82) is 0 Å². The number of nitrogens with zero attached hydrogens (tertiary/aromatic N) is 2. The van der Waals surface area contributed by atoms with Crippen molar-refractivity contribution in [3.63, 3.8) is 0 Å². The average Bonchev–Trinajstić information content (AvgIpc) is 3.32. The Morgan fingerprint density at radius 1 is 1.29 bits per heavy atom. The minimum absolute atomic E-state index is 0.00859. The van der Waals surface area contributed by atoms with E-state index in [0.29, 0.717) is 4.31 Å². The standard InChI is InChI=1S/C23H22BrClFN3O4S2/c1-22(2,3)33-21(30)29(20-12-34-13-27-20)35(31,32)19-10-16(25)18(11-17(19)26)28-23(8-9-23)14-6-4-5-7-15(14)24/h4-7,10-13,28H,8-9H2,1-3H3.